The van der Waals surface area contributed by atoms with Crippen LogP contribution in [0.4, 0.5) is 5.69 Å². The van der Waals surface area contributed by atoms with E-state index in [2.05, 4.69) is 23.0 Å². The molecule has 1 aromatic rings. The quantitative estimate of drug-likeness (QED) is 0.500. The molecule has 1 aliphatic heterocycles. The van der Waals surface area contributed by atoms with E-state index < -0.39 is 0 Å². The molecule has 0 aromatic heterocycles. The molecule has 0 spiro atoms. The van der Waals surface area contributed by atoms with Crippen LogP contribution < -0.4 is 16.0 Å². The Kier molecular flexibility index (Phi) is 4.98. The lowest BCUT2D eigenvalue weighted by Crippen LogP contribution is -2.38. The second-order valence-electron chi connectivity index (χ2n) is 5.29. The summed E-state index contributed by atoms with van der Waals surface area (Å²) in [5, 5.41) is 2.92. The lowest BCUT2D eigenvalue weighted by Gasteiger charge is -2.29. The number of fused-ring (bicyclic) bond motifs is 1. The molecule has 21 heavy (non-hydrogen) atoms. The number of nitrogens with zero attached hydrogens (tertiary/aromatic N) is 2. The van der Waals surface area contributed by atoms with Crippen molar-refractivity contribution in [1.29, 1.82) is 0 Å². The number of anilines is 1. The zero-order valence-electron chi connectivity index (χ0n) is 12.4. The maximum absolute atomic E-state index is 12.3. The molecule has 0 unspecified atom stereocenters. The number of rotatable bonds is 4. The van der Waals surface area contributed by atoms with E-state index in [4.69, 9.17) is 5.73 Å². The molecule has 1 amide bonds. The van der Waals surface area contributed by atoms with Gasteiger partial charge in [-0.05, 0) is 31.4 Å². The molecule has 5 nitrogen and oxygen atoms in total. The van der Waals surface area contributed by atoms with E-state index in [0.29, 0.717) is 6.54 Å². The molecule has 1 aromatic carbocycles. The van der Waals surface area contributed by atoms with Crippen LogP contribution in [0, 0.1) is 0 Å². The van der Waals surface area contributed by atoms with Gasteiger partial charge in [0.2, 0.25) is 5.91 Å². The van der Waals surface area contributed by atoms with Crippen LogP contribution in [0.1, 0.15) is 18.9 Å². The molecule has 5 heteroatoms. The first-order valence-electron chi connectivity index (χ1n) is 7.14. The lowest BCUT2D eigenvalue weighted by atomic mass is 10.0. The van der Waals surface area contributed by atoms with Gasteiger partial charge in [-0.3, -0.25) is 4.79 Å². The number of nitrogens with two attached hydrogens (primary N) is 1. The first-order valence-corrected chi connectivity index (χ1v) is 7.14. The number of hydrogen-bond acceptors (Lipinski definition) is 2. The number of carbonyl (C=O) groups is 1. The van der Waals surface area contributed by atoms with E-state index in [1.165, 1.54) is 5.56 Å². The number of guanidine groups is 1. The highest BCUT2D eigenvalue weighted by Gasteiger charge is 2.21. The van der Waals surface area contributed by atoms with Gasteiger partial charge in [-0.25, -0.2) is 4.99 Å². The molecule has 0 aliphatic carbocycles. The molecule has 0 saturated carbocycles. The topological polar surface area (TPSA) is 70.7 Å². The van der Waals surface area contributed by atoms with Gasteiger partial charge >= 0.3 is 0 Å². The molecule has 0 radical (unpaired) electrons. The first kappa shape index (κ1) is 15.1. The van der Waals surface area contributed by atoms with Crippen LogP contribution in [-0.4, -0.2) is 31.5 Å². The van der Waals surface area contributed by atoms with E-state index in [1.807, 2.05) is 25.1 Å². The Morgan fingerprint density at radius 1 is 1.48 bits per heavy atom. The lowest BCUT2D eigenvalue weighted by molar-refractivity contribution is -0.117. The van der Waals surface area contributed by atoms with Crippen molar-refractivity contribution in [1.82, 2.24) is 5.32 Å². The molecule has 112 valence electrons. The highest BCUT2D eigenvalue weighted by atomic mass is 16.2. The summed E-state index contributed by atoms with van der Waals surface area (Å²) in [4.78, 5) is 18.2. The molecule has 1 aliphatic rings. The summed E-state index contributed by atoms with van der Waals surface area (Å²) in [6.07, 6.45) is 2.00. The maximum atomic E-state index is 12.3. The predicted molar refractivity (Wildman–Crippen MR) is 86.4 cm³/mol. The maximum Gasteiger partial charge on any atom is 0.248 e. The SMILES string of the molecule is C=C(C)CNC(N)=NCC(=O)N1CCCc2ccccc21. The van der Waals surface area contributed by atoms with Crippen molar-refractivity contribution < 1.29 is 4.79 Å². The fraction of sp³-hybridized carbons (Fsp3) is 0.375. The molecule has 2 rings (SSSR count). The number of aryl methyl sites for hydroxylation is 1. The number of amides is 1. The van der Waals surface area contributed by atoms with E-state index in [1.54, 1.807) is 4.90 Å². The Labute approximate surface area is 125 Å². The minimum Gasteiger partial charge on any atom is -0.370 e. The third-order valence-electron chi connectivity index (χ3n) is 3.37. The smallest absolute Gasteiger partial charge is 0.248 e. The van der Waals surface area contributed by atoms with Gasteiger partial charge in [0, 0.05) is 18.8 Å². The van der Waals surface area contributed by atoms with E-state index >= 15 is 0 Å². The Hall–Kier alpha value is -2.30. The molecular weight excluding hydrogens is 264 g/mol. The normalized spacial score (nSPS) is 14.5. The summed E-state index contributed by atoms with van der Waals surface area (Å²) in [6, 6.07) is 8.01. The molecule has 0 saturated heterocycles. The molecule has 0 fully saturated rings. The van der Waals surface area contributed by atoms with Gasteiger partial charge in [0.25, 0.3) is 0 Å². The van der Waals surface area contributed by atoms with Gasteiger partial charge in [0.1, 0.15) is 6.54 Å². The number of aliphatic imine (C=N–C) groups is 1. The molecule has 0 bridgehead atoms. The Balaban J connectivity index is 1.98. The van der Waals surface area contributed by atoms with Crippen LogP contribution in [0.15, 0.2) is 41.4 Å². The number of para-hydroxylation sites is 1. The fourth-order valence-corrected chi connectivity index (χ4v) is 2.33. The van der Waals surface area contributed by atoms with Crippen molar-refractivity contribution in [2.75, 3.05) is 24.5 Å². The van der Waals surface area contributed by atoms with Gasteiger partial charge in [-0.1, -0.05) is 30.4 Å². The number of carbonyl (C=O) groups excluding carboxylic acids is 1. The van der Waals surface area contributed by atoms with Crippen LogP contribution >= 0.6 is 0 Å². The van der Waals surface area contributed by atoms with Gasteiger partial charge in [0.05, 0.1) is 0 Å². The summed E-state index contributed by atoms with van der Waals surface area (Å²) in [7, 11) is 0. The minimum absolute atomic E-state index is 0.0257. The van der Waals surface area contributed by atoms with Crippen LogP contribution in [0.5, 0.6) is 0 Å². The van der Waals surface area contributed by atoms with Crippen molar-refractivity contribution in [3.63, 3.8) is 0 Å². The predicted octanol–water partition coefficient (Wildman–Crippen LogP) is 1.45. The summed E-state index contributed by atoms with van der Waals surface area (Å²) in [5.74, 6) is 0.249. The van der Waals surface area contributed by atoms with E-state index in [0.717, 1.165) is 30.6 Å². The second-order valence-corrected chi connectivity index (χ2v) is 5.29. The van der Waals surface area contributed by atoms with Crippen LogP contribution in [0.25, 0.3) is 0 Å². The van der Waals surface area contributed by atoms with E-state index in [9.17, 15) is 4.79 Å². The summed E-state index contributed by atoms with van der Waals surface area (Å²) < 4.78 is 0. The van der Waals surface area contributed by atoms with Gasteiger partial charge < -0.3 is 16.0 Å². The molecular formula is C16H22N4O. The Morgan fingerprint density at radius 3 is 3.00 bits per heavy atom. The second kappa shape index (κ2) is 6.92. The third-order valence-corrected chi connectivity index (χ3v) is 3.37. The van der Waals surface area contributed by atoms with Crippen molar-refractivity contribution in [3.8, 4) is 0 Å². The zero-order valence-corrected chi connectivity index (χ0v) is 12.4. The van der Waals surface area contributed by atoms with Crippen molar-refractivity contribution in [3.05, 3.63) is 42.0 Å². The molecule has 3 N–H and O–H groups in total. The Bertz CT molecular complexity index is 565. The Morgan fingerprint density at radius 2 is 2.24 bits per heavy atom. The van der Waals surface area contributed by atoms with Gasteiger partial charge in [-0.2, -0.15) is 0 Å². The van der Waals surface area contributed by atoms with E-state index in [-0.39, 0.29) is 18.4 Å². The molecule has 1 heterocycles. The van der Waals surface area contributed by atoms with Crippen molar-refractivity contribution >= 4 is 17.6 Å². The van der Waals surface area contributed by atoms with Gasteiger partial charge in [-0.15, -0.1) is 0 Å². The summed E-state index contributed by atoms with van der Waals surface area (Å²) in [6.45, 7) is 7.04. The standard InChI is InChI=1S/C16H22N4O/c1-12(2)10-18-16(17)19-11-15(21)20-9-5-7-13-6-3-4-8-14(13)20/h3-4,6,8H,1,5,7,9-11H2,2H3,(H3,17,18,19). The van der Waals surface area contributed by atoms with Crippen molar-refractivity contribution in [2.24, 2.45) is 10.7 Å². The van der Waals surface area contributed by atoms with Crippen LogP contribution in [0.2, 0.25) is 0 Å². The number of nitrogens with one attached hydrogen (secondary N) is 1. The average Bonchev–Trinajstić information content (AvgIpc) is 2.50. The highest BCUT2D eigenvalue weighted by molar-refractivity contribution is 5.97. The monoisotopic (exact) mass is 286 g/mol. The number of benzene rings is 1. The zero-order chi connectivity index (χ0) is 15.2. The van der Waals surface area contributed by atoms with Crippen LogP contribution in [0.3, 0.4) is 0 Å². The van der Waals surface area contributed by atoms with Crippen molar-refractivity contribution in [2.45, 2.75) is 19.8 Å². The summed E-state index contributed by atoms with van der Waals surface area (Å²) >= 11 is 0. The highest BCUT2D eigenvalue weighted by Crippen LogP contribution is 2.26. The molecule has 0 atom stereocenters. The van der Waals surface area contributed by atoms with Gasteiger partial charge in [0.15, 0.2) is 5.96 Å². The fourth-order valence-electron chi connectivity index (χ4n) is 2.33. The summed E-state index contributed by atoms with van der Waals surface area (Å²) in [5.41, 5.74) is 8.90. The van der Waals surface area contributed by atoms with Crippen LogP contribution in [-0.2, 0) is 11.2 Å². The minimum atomic E-state index is -0.0257. The number of hydrogen-bond donors (Lipinski definition) is 2. The third kappa shape index (κ3) is 4.08. The first-order chi connectivity index (χ1) is 10.1. The average molecular weight is 286 g/mol. The largest absolute Gasteiger partial charge is 0.370 e.